The third-order valence-corrected chi connectivity index (χ3v) is 6.35. The highest BCUT2D eigenvalue weighted by atomic mass is 32.2. The molecule has 1 aromatic heterocycles. The first-order valence-corrected chi connectivity index (χ1v) is 12.5. The second-order valence-electron chi connectivity index (χ2n) is 9.24. The van der Waals surface area contributed by atoms with Crippen LogP contribution in [0.2, 0.25) is 0 Å². The summed E-state index contributed by atoms with van der Waals surface area (Å²) in [5.74, 6) is 0.905. The molecular formula is C26H32N4O3S. The summed E-state index contributed by atoms with van der Waals surface area (Å²) in [6.07, 6.45) is 1.53. The molecule has 0 aliphatic carbocycles. The van der Waals surface area contributed by atoms with E-state index in [9.17, 15) is 4.79 Å². The maximum Gasteiger partial charge on any atom is 0.410 e. The minimum absolute atomic E-state index is 0.247. The predicted octanol–water partition coefficient (Wildman–Crippen LogP) is 5.19. The molecule has 0 bridgehead atoms. The van der Waals surface area contributed by atoms with E-state index in [1.165, 1.54) is 4.90 Å². The van der Waals surface area contributed by atoms with Crippen LogP contribution in [-0.4, -0.2) is 38.4 Å². The van der Waals surface area contributed by atoms with Gasteiger partial charge in [0, 0.05) is 23.7 Å². The second-order valence-corrected chi connectivity index (χ2v) is 10.4. The molecule has 3 aromatic rings. The molecule has 0 radical (unpaired) electrons. The molecule has 34 heavy (non-hydrogen) atoms. The molecule has 0 fully saturated rings. The Bertz CT molecular complexity index is 1070. The van der Waals surface area contributed by atoms with E-state index in [0.717, 1.165) is 29.2 Å². The lowest BCUT2D eigenvalue weighted by Gasteiger charge is -2.34. The monoisotopic (exact) mass is 480 g/mol. The van der Waals surface area contributed by atoms with Crippen LogP contribution < -0.4 is 5.48 Å². The maximum atomic E-state index is 12.9. The molecule has 0 saturated carbocycles. The highest BCUT2D eigenvalue weighted by Crippen LogP contribution is 2.28. The van der Waals surface area contributed by atoms with Crippen LogP contribution in [0.15, 0.2) is 71.9 Å². The molecule has 4 rings (SSSR count). The van der Waals surface area contributed by atoms with Gasteiger partial charge in [-0.3, -0.25) is 4.84 Å². The molecule has 0 saturated heterocycles. The van der Waals surface area contributed by atoms with E-state index in [4.69, 9.17) is 14.6 Å². The summed E-state index contributed by atoms with van der Waals surface area (Å²) in [5, 5.41) is 0. The molecule has 2 aromatic carbocycles. The SMILES string of the molecule is CC(C)(C)OC(=O)N1Cc2c(ncn2CCSc2ccccc2)C(NOCc2ccccc2)C1. The Hall–Kier alpha value is -2.81. The van der Waals surface area contributed by atoms with Gasteiger partial charge in [0.1, 0.15) is 5.60 Å². The number of aromatic nitrogens is 2. The zero-order valence-electron chi connectivity index (χ0n) is 19.9. The number of hydrogen-bond acceptors (Lipinski definition) is 6. The van der Waals surface area contributed by atoms with Gasteiger partial charge < -0.3 is 14.2 Å². The molecule has 1 aliphatic rings. The van der Waals surface area contributed by atoms with Crippen molar-refractivity contribution in [2.75, 3.05) is 12.3 Å². The maximum absolute atomic E-state index is 12.9. The van der Waals surface area contributed by atoms with Crippen LogP contribution in [0.1, 0.15) is 43.8 Å². The molecule has 8 heteroatoms. The number of rotatable bonds is 8. The van der Waals surface area contributed by atoms with Crippen molar-refractivity contribution in [1.29, 1.82) is 0 Å². The number of ether oxygens (including phenoxy) is 1. The van der Waals surface area contributed by atoms with Crippen LogP contribution in [0.4, 0.5) is 4.79 Å². The zero-order chi connectivity index (χ0) is 24.0. The van der Waals surface area contributed by atoms with E-state index >= 15 is 0 Å². The van der Waals surface area contributed by atoms with Gasteiger partial charge in [0.25, 0.3) is 0 Å². The molecule has 0 spiro atoms. The van der Waals surface area contributed by atoms with Gasteiger partial charge in [-0.05, 0) is 38.5 Å². The first-order chi connectivity index (χ1) is 16.4. The zero-order valence-corrected chi connectivity index (χ0v) is 20.8. The Kier molecular flexibility index (Phi) is 7.92. The summed E-state index contributed by atoms with van der Waals surface area (Å²) >= 11 is 1.80. The fourth-order valence-corrected chi connectivity index (χ4v) is 4.64. The number of amides is 1. The normalized spacial score (nSPS) is 15.7. The third-order valence-electron chi connectivity index (χ3n) is 5.36. The number of benzene rings is 2. The predicted molar refractivity (Wildman–Crippen MR) is 133 cm³/mol. The van der Waals surface area contributed by atoms with E-state index in [2.05, 4.69) is 22.2 Å². The molecule has 1 N–H and O–H groups in total. The quantitative estimate of drug-likeness (QED) is 0.354. The summed E-state index contributed by atoms with van der Waals surface area (Å²) in [4.78, 5) is 26.4. The van der Waals surface area contributed by atoms with Crippen molar-refractivity contribution < 1.29 is 14.4 Å². The Labute approximate surface area is 205 Å². The molecule has 1 amide bonds. The average Bonchev–Trinajstić information content (AvgIpc) is 3.22. The van der Waals surface area contributed by atoms with Gasteiger partial charge in [-0.1, -0.05) is 48.5 Å². The number of hydrogen-bond donors (Lipinski definition) is 1. The Morgan fingerprint density at radius 1 is 1.12 bits per heavy atom. The van der Waals surface area contributed by atoms with E-state index in [0.29, 0.717) is 19.7 Å². The first-order valence-electron chi connectivity index (χ1n) is 11.5. The van der Waals surface area contributed by atoms with Gasteiger partial charge in [0.05, 0.1) is 36.9 Å². The van der Waals surface area contributed by atoms with E-state index in [1.54, 1.807) is 16.7 Å². The summed E-state index contributed by atoms with van der Waals surface area (Å²) in [5.41, 5.74) is 5.57. The van der Waals surface area contributed by atoms with Crippen LogP contribution >= 0.6 is 11.8 Å². The van der Waals surface area contributed by atoms with Crippen LogP contribution in [-0.2, 0) is 29.3 Å². The van der Waals surface area contributed by atoms with Crippen molar-refractivity contribution in [2.24, 2.45) is 0 Å². The fraction of sp³-hybridized carbons (Fsp3) is 0.385. The lowest BCUT2D eigenvalue weighted by molar-refractivity contribution is -0.0192. The molecule has 1 unspecified atom stereocenters. The van der Waals surface area contributed by atoms with Gasteiger partial charge >= 0.3 is 6.09 Å². The number of nitrogens with zero attached hydrogens (tertiary/aromatic N) is 3. The summed E-state index contributed by atoms with van der Waals surface area (Å²) in [7, 11) is 0. The van der Waals surface area contributed by atoms with E-state index < -0.39 is 5.60 Å². The smallest absolute Gasteiger partial charge is 0.410 e. The van der Waals surface area contributed by atoms with Crippen LogP contribution in [0.5, 0.6) is 0 Å². The molecule has 2 heterocycles. The summed E-state index contributed by atoms with van der Waals surface area (Å²) in [6.45, 7) is 7.73. The Balaban J connectivity index is 1.46. The van der Waals surface area contributed by atoms with Gasteiger partial charge in [-0.15, -0.1) is 11.8 Å². The minimum Gasteiger partial charge on any atom is -0.444 e. The largest absolute Gasteiger partial charge is 0.444 e. The van der Waals surface area contributed by atoms with Crippen molar-refractivity contribution in [3.05, 3.63) is 83.9 Å². The minimum atomic E-state index is -0.559. The molecule has 1 aliphatic heterocycles. The van der Waals surface area contributed by atoms with E-state index in [1.807, 2.05) is 75.6 Å². The average molecular weight is 481 g/mol. The number of imidazole rings is 1. The van der Waals surface area contributed by atoms with Gasteiger partial charge in [-0.25, -0.2) is 9.78 Å². The number of aryl methyl sites for hydroxylation is 1. The molecule has 1 atom stereocenters. The van der Waals surface area contributed by atoms with Crippen molar-refractivity contribution in [3.8, 4) is 0 Å². The van der Waals surface area contributed by atoms with Crippen molar-refractivity contribution in [1.82, 2.24) is 19.9 Å². The Morgan fingerprint density at radius 2 is 1.82 bits per heavy atom. The van der Waals surface area contributed by atoms with Gasteiger partial charge in [0.2, 0.25) is 0 Å². The topological polar surface area (TPSA) is 68.6 Å². The second kappa shape index (κ2) is 11.1. The number of fused-ring (bicyclic) bond motifs is 1. The summed E-state index contributed by atoms with van der Waals surface area (Å²) < 4.78 is 7.79. The molecule has 180 valence electrons. The molecule has 7 nitrogen and oxygen atoms in total. The van der Waals surface area contributed by atoms with Crippen molar-refractivity contribution >= 4 is 17.9 Å². The summed E-state index contributed by atoms with van der Waals surface area (Å²) in [6, 6.07) is 20.1. The van der Waals surface area contributed by atoms with Crippen molar-refractivity contribution in [3.63, 3.8) is 0 Å². The van der Waals surface area contributed by atoms with E-state index in [-0.39, 0.29) is 12.1 Å². The van der Waals surface area contributed by atoms with Gasteiger partial charge in [0.15, 0.2) is 0 Å². The lowest BCUT2D eigenvalue weighted by Crippen LogP contribution is -2.45. The van der Waals surface area contributed by atoms with Crippen LogP contribution in [0, 0.1) is 0 Å². The number of nitrogens with one attached hydrogen (secondary N) is 1. The standard InChI is InChI=1S/C26H32N4O3S/c1-26(2,3)33-25(31)30-16-22(28-32-18-20-10-6-4-7-11-20)24-23(17-30)29(19-27-24)14-15-34-21-12-8-5-9-13-21/h4-13,19,22,28H,14-18H2,1-3H3. The first kappa shape index (κ1) is 24.3. The highest BCUT2D eigenvalue weighted by Gasteiger charge is 2.34. The van der Waals surface area contributed by atoms with Gasteiger partial charge in [-0.2, -0.15) is 5.48 Å². The van der Waals surface area contributed by atoms with Crippen LogP contribution in [0.25, 0.3) is 0 Å². The third kappa shape index (κ3) is 6.62. The number of carbonyl (C=O) groups is 1. The lowest BCUT2D eigenvalue weighted by atomic mass is 10.1. The van der Waals surface area contributed by atoms with Crippen molar-refractivity contribution in [2.45, 2.75) is 57.0 Å². The fourth-order valence-electron chi connectivity index (χ4n) is 3.77. The Morgan fingerprint density at radius 3 is 2.53 bits per heavy atom. The number of carbonyl (C=O) groups excluding carboxylic acids is 1. The number of hydroxylamine groups is 1. The number of thioether (sulfide) groups is 1. The van der Waals surface area contributed by atoms with Crippen LogP contribution in [0.3, 0.4) is 0 Å². The molecular weight excluding hydrogens is 448 g/mol. The highest BCUT2D eigenvalue weighted by molar-refractivity contribution is 7.99.